The molecule has 8 heteroatoms. The second-order valence-electron chi connectivity index (χ2n) is 8.20. The van der Waals surface area contributed by atoms with Crippen molar-refractivity contribution in [3.63, 3.8) is 0 Å². The van der Waals surface area contributed by atoms with Crippen LogP contribution in [-0.2, 0) is 6.54 Å². The van der Waals surface area contributed by atoms with E-state index in [1.165, 1.54) is 23.1 Å². The number of ether oxygens (including phenoxy) is 1. The van der Waals surface area contributed by atoms with Crippen LogP contribution in [0.1, 0.15) is 28.8 Å². The van der Waals surface area contributed by atoms with Crippen LogP contribution in [0.4, 0.5) is 0 Å². The quantitative estimate of drug-likeness (QED) is 0.152. The Morgan fingerprint density at radius 2 is 1.86 bits per heavy atom. The molecule has 3 heterocycles. The van der Waals surface area contributed by atoms with E-state index in [1.807, 2.05) is 30.3 Å². The zero-order chi connectivity index (χ0) is 24.4. The average molecular weight is 502 g/mol. The molecule has 0 N–H and O–H groups in total. The Bertz CT molecular complexity index is 1560. The number of hydrogen-bond donors (Lipinski definition) is 0. The number of Topliss-reactive ketones (excluding diaryl/α,β-unsaturated/α-hetero) is 1. The zero-order valence-corrected chi connectivity index (χ0v) is 20.9. The van der Waals surface area contributed by atoms with Gasteiger partial charge in [0.15, 0.2) is 10.9 Å². The van der Waals surface area contributed by atoms with Gasteiger partial charge in [0, 0.05) is 23.7 Å². The topological polar surface area (TPSA) is 74.1 Å². The molecule has 0 radical (unpaired) electrons. The fraction of sp³-hybridized carbons (Fsp3) is 0.185. The van der Waals surface area contributed by atoms with Crippen molar-refractivity contribution in [3.8, 4) is 5.75 Å². The van der Waals surface area contributed by atoms with E-state index in [4.69, 9.17) is 9.72 Å². The van der Waals surface area contributed by atoms with Gasteiger partial charge < -0.3 is 4.74 Å². The van der Waals surface area contributed by atoms with E-state index in [2.05, 4.69) is 24.0 Å². The maximum absolute atomic E-state index is 13.7. The Labute approximate surface area is 210 Å². The largest absolute Gasteiger partial charge is 0.497 e. The molecule has 0 unspecified atom stereocenters. The van der Waals surface area contributed by atoms with Gasteiger partial charge in [0.05, 0.1) is 18.4 Å². The van der Waals surface area contributed by atoms with Crippen LogP contribution in [0.15, 0.2) is 82.9 Å². The molecule has 0 fully saturated rings. The lowest BCUT2D eigenvalue weighted by atomic mass is 10.0. The monoisotopic (exact) mass is 501 g/mol. The minimum Gasteiger partial charge on any atom is -0.497 e. The third-order valence-electron chi connectivity index (χ3n) is 5.89. The van der Waals surface area contributed by atoms with Gasteiger partial charge in [-0.1, -0.05) is 49.0 Å². The average Bonchev–Trinajstić information content (AvgIpc) is 3.28. The number of carbonyl (C=O) groups excluding carboxylic acids is 1. The maximum Gasteiger partial charge on any atom is 0.272 e. The molecule has 3 aromatic heterocycles. The van der Waals surface area contributed by atoms with Gasteiger partial charge in [-0.2, -0.15) is 0 Å². The van der Waals surface area contributed by atoms with E-state index < -0.39 is 0 Å². The molecule has 35 heavy (non-hydrogen) atoms. The predicted octanol–water partition coefficient (Wildman–Crippen LogP) is 5.79. The summed E-state index contributed by atoms with van der Waals surface area (Å²) in [4.78, 5) is 36.6. The van der Waals surface area contributed by atoms with E-state index in [1.54, 1.807) is 42.1 Å². The van der Waals surface area contributed by atoms with E-state index in [0.29, 0.717) is 33.2 Å². The number of thiophene rings is 1. The number of rotatable bonds is 8. The molecule has 176 valence electrons. The van der Waals surface area contributed by atoms with Gasteiger partial charge in [-0.3, -0.25) is 14.2 Å². The highest BCUT2D eigenvalue weighted by Crippen LogP contribution is 2.31. The molecule has 6 nitrogen and oxygen atoms in total. The Kier molecular flexibility index (Phi) is 6.66. The van der Waals surface area contributed by atoms with Gasteiger partial charge in [0.25, 0.3) is 5.56 Å². The molecular formula is C27H23N3O3S2. The Balaban J connectivity index is 1.52. The van der Waals surface area contributed by atoms with Crippen molar-refractivity contribution < 1.29 is 9.53 Å². The summed E-state index contributed by atoms with van der Waals surface area (Å²) in [5.74, 6) is 0.927. The molecule has 0 aliphatic rings. The highest BCUT2D eigenvalue weighted by atomic mass is 32.2. The summed E-state index contributed by atoms with van der Waals surface area (Å²) in [5, 5.41) is 1.40. The lowest BCUT2D eigenvalue weighted by molar-refractivity contribution is 0.102. The first kappa shape index (κ1) is 23.3. The molecule has 2 aromatic carbocycles. The van der Waals surface area contributed by atoms with Gasteiger partial charge >= 0.3 is 0 Å². The van der Waals surface area contributed by atoms with Crippen molar-refractivity contribution in [2.75, 3.05) is 12.9 Å². The number of fused-ring (bicyclic) bond motifs is 3. The third kappa shape index (κ3) is 4.72. The van der Waals surface area contributed by atoms with E-state index in [9.17, 15) is 9.59 Å². The summed E-state index contributed by atoms with van der Waals surface area (Å²) in [6, 6.07) is 20.9. The molecule has 0 aliphatic carbocycles. The lowest BCUT2D eigenvalue weighted by Gasteiger charge is -2.17. The Hall–Kier alpha value is -3.49. The van der Waals surface area contributed by atoms with Crippen molar-refractivity contribution in [2.24, 2.45) is 0 Å². The summed E-state index contributed by atoms with van der Waals surface area (Å²) in [6.07, 6.45) is 1.72. The van der Waals surface area contributed by atoms with Crippen LogP contribution in [0.2, 0.25) is 0 Å². The van der Waals surface area contributed by atoms with E-state index in [0.717, 1.165) is 15.8 Å². The smallest absolute Gasteiger partial charge is 0.272 e. The first-order valence-corrected chi connectivity index (χ1v) is 13.0. The second kappa shape index (κ2) is 10.0. The van der Waals surface area contributed by atoms with Crippen LogP contribution in [0, 0.1) is 0 Å². The van der Waals surface area contributed by atoms with Crippen molar-refractivity contribution in [2.45, 2.75) is 24.5 Å². The van der Waals surface area contributed by atoms with Crippen molar-refractivity contribution >= 4 is 49.3 Å². The van der Waals surface area contributed by atoms with E-state index in [-0.39, 0.29) is 23.0 Å². The second-order valence-corrected chi connectivity index (χ2v) is 10.1. The number of nitrogens with zero attached hydrogens (tertiary/aromatic N) is 3. The number of hydrogen-bond acceptors (Lipinski definition) is 7. The van der Waals surface area contributed by atoms with E-state index >= 15 is 0 Å². The number of benzene rings is 2. The van der Waals surface area contributed by atoms with Gasteiger partial charge in [0.2, 0.25) is 0 Å². The molecule has 0 spiro atoms. The third-order valence-corrected chi connectivity index (χ3v) is 7.95. The predicted molar refractivity (Wildman–Crippen MR) is 142 cm³/mol. The number of carbonyl (C=O) groups is 1. The summed E-state index contributed by atoms with van der Waals surface area (Å²) < 4.78 is 7.48. The normalized spacial score (nSPS) is 12.2. The van der Waals surface area contributed by atoms with Crippen LogP contribution in [0.5, 0.6) is 5.75 Å². The molecule has 1 atom stereocenters. The van der Waals surface area contributed by atoms with Crippen molar-refractivity contribution in [3.05, 3.63) is 94.4 Å². The van der Waals surface area contributed by atoms with Gasteiger partial charge in [0.1, 0.15) is 15.3 Å². The van der Waals surface area contributed by atoms with Crippen LogP contribution >= 0.6 is 23.1 Å². The highest BCUT2D eigenvalue weighted by molar-refractivity contribution is 7.99. The van der Waals surface area contributed by atoms with Crippen molar-refractivity contribution in [1.29, 1.82) is 0 Å². The van der Waals surface area contributed by atoms with Crippen LogP contribution < -0.4 is 10.3 Å². The first-order chi connectivity index (χ1) is 17.0. The molecular weight excluding hydrogens is 478 g/mol. The summed E-state index contributed by atoms with van der Waals surface area (Å²) in [7, 11) is 1.59. The minimum absolute atomic E-state index is 0.0356. The highest BCUT2D eigenvalue weighted by Gasteiger charge is 2.20. The summed E-state index contributed by atoms with van der Waals surface area (Å²) in [6.45, 7) is 2.56. The Morgan fingerprint density at radius 1 is 1.09 bits per heavy atom. The fourth-order valence-corrected chi connectivity index (χ4v) is 5.89. The number of aromatic nitrogens is 3. The van der Waals surface area contributed by atoms with Gasteiger partial charge in [-0.05, 0) is 47.9 Å². The molecule has 5 rings (SSSR count). The summed E-state index contributed by atoms with van der Waals surface area (Å²) >= 11 is 2.66. The number of pyridine rings is 1. The number of methoxy groups -OCH3 is 1. The number of thioether (sulfide) groups is 1. The molecule has 5 aromatic rings. The van der Waals surface area contributed by atoms with Gasteiger partial charge in [-0.25, -0.2) is 9.97 Å². The molecule has 0 aliphatic heterocycles. The maximum atomic E-state index is 13.7. The van der Waals surface area contributed by atoms with Crippen LogP contribution in [-0.4, -0.2) is 33.2 Å². The zero-order valence-electron chi connectivity index (χ0n) is 19.3. The molecule has 0 saturated heterocycles. The molecule has 0 amide bonds. The van der Waals surface area contributed by atoms with Crippen LogP contribution in [0.3, 0.4) is 0 Å². The fourth-order valence-electron chi connectivity index (χ4n) is 3.96. The SMILES string of the molecule is COc1ccc(C(=O)CSc2nc3c(sc4ncccc43)c(=O)n2C[C@H](C)c2ccccc2)cc1. The molecule has 0 saturated carbocycles. The van der Waals surface area contributed by atoms with Crippen molar-refractivity contribution in [1.82, 2.24) is 14.5 Å². The van der Waals surface area contributed by atoms with Crippen LogP contribution in [0.25, 0.3) is 20.4 Å². The van der Waals surface area contributed by atoms with Gasteiger partial charge in [-0.15, -0.1) is 11.3 Å². The standard InChI is InChI=1S/C27H23N3O3S2/c1-17(18-7-4-3-5-8-18)15-30-26(32)24-23(21-9-6-14-28-25(21)35-24)29-27(30)34-16-22(31)19-10-12-20(33-2)13-11-19/h3-14,17H,15-16H2,1-2H3/t17-/m0/s1. The first-order valence-electron chi connectivity index (χ1n) is 11.2. The summed E-state index contributed by atoms with van der Waals surface area (Å²) in [5.41, 5.74) is 2.28. The molecule has 0 bridgehead atoms. The Morgan fingerprint density at radius 3 is 2.60 bits per heavy atom. The lowest BCUT2D eigenvalue weighted by Crippen LogP contribution is -2.25. The number of ketones is 1. The minimum atomic E-state index is -0.0971.